The second kappa shape index (κ2) is 23.9. The molecule has 3 saturated heterocycles. The standard InChI is InChI=1S/C62H60N4O19/c67-25-44-51(71)54(74)57(77)60(83-44)80-33-10-2-6-29(22-33)48-38-15-13-36(63-38)47(28-5-1-9-32(70)21-28)37-14-16-39(64-37)49(30-7-3-11-34(23-30)81-61-58(78)55(75)52(72)45(26-68)84-61)41-18-20-43(66-41)50(42-19-17-40(48)65-42)31-8-4-12-35(24-31)82-62-59(79)56(76)53(73)46(27-69)85-62/h1-24,44-46,51-63,66-79H,25-27H2/t44-,45-,46-,51-,52-,53-,54+,55+,56+,57-,58-,59-,60-,61-,62-/m1/s1. The minimum Gasteiger partial charge on any atom is -0.508 e. The van der Waals surface area contributed by atoms with E-state index in [4.69, 9.17) is 38.4 Å². The van der Waals surface area contributed by atoms with E-state index in [0.717, 1.165) is 0 Å². The SMILES string of the molecule is OC[C@H]1O[C@@H](Oc2cccc(-c3c4nc(c(-c5cccc(O[C@@H]6O[C@H](CO)[C@@H](O)[C@H](O)[C@H]6O)c5)c5ccc([nH]5)c(-c5cccc(O[C@@H]6O[C@H](CO)[C@@H](O)[C@H](O)[C@H]6O)c5)c5nc(c(-c6cccc(O)c6)c6ccc3[nH]6)C=C5)C=C4)c2)[C@H](O)[C@@H](O)[C@@H]1O. The third-order valence-corrected chi connectivity index (χ3v) is 15.6. The number of aliphatic hydroxyl groups excluding tert-OH is 12. The number of aliphatic hydroxyl groups is 12. The van der Waals surface area contributed by atoms with Gasteiger partial charge in [-0.3, -0.25) is 0 Å². The van der Waals surface area contributed by atoms with Crippen LogP contribution < -0.4 is 14.2 Å². The molecule has 23 nitrogen and oxygen atoms in total. The fourth-order valence-corrected chi connectivity index (χ4v) is 11.2. The maximum atomic E-state index is 11.0. The summed E-state index contributed by atoms with van der Waals surface area (Å²) in [6.45, 7) is -2.00. The van der Waals surface area contributed by atoms with Crippen molar-refractivity contribution in [3.8, 4) is 67.5 Å². The van der Waals surface area contributed by atoms with E-state index in [9.17, 15) is 66.4 Å². The van der Waals surface area contributed by atoms with Crippen molar-refractivity contribution in [2.24, 2.45) is 0 Å². The molecule has 5 aliphatic heterocycles. The van der Waals surface area contributed by atoms with Gasteiger partial charge < -0.3 is 105 Å². The monoisotopic (exact) mass is 1160 g/mol. The third kappa shape index (κ3) is 11.1. The second-order valence-electron chi connectivity index (χ2n) is 21.1. The zero-order chi connectivity index (χ0) is 59.4. The first-order valence-corrected chi connectivity index (χ1v) is 27.3. The number of nitrogens with zero attached hydrogens (tertiary/aromatic N) is 2. The van der Waals surface area contributed by atoms with Gasteiger partial charge in [0.05, 0.1) is 42.6 Å². The number of hydrogen-bond donors (Lipinski definition) is 15. The van der Waals surface area contributed by atoms with Crippen LogP contribution in [0.1, 0.15) is 22.8 Å². The Morgan fingerprint density at radius 2 is 0.635 bits per heavy atom. The van der Waals surface area contributed by atoms with E-state index >= 15 is 0 Å². The number of hydrogen-bond acceptors (Lipinski definition) is 21. The molecule has 12 rings (SSSR count). The molecule has 0 saturated carbocycles. The first-order chi connectivity index (χ1) is 41.1. The van der Waals surface area contributed by atoms with Crippen LogP contribution in [0.3, 0.4) is 0 Å². The van der Waals surface area contributed by atoms with E-state index in [1.54, 1.807) is 78.9 Å². The number of aromatic hydroxyl groups is 1. The van der Waals surface area contributed by atoms with Gasteiger partial charge in [0.15, 0.2) is 0 Å². The summed E-state index contributed by atoms with van der Waals surface area (Å²) in [6.07, 6.45) is -15.9. The summed E-state index contributed by atoms with van der Waals surface area (Å²) in [4.78, 5) is 17.8. The average molecular weight is 1170 g/mol. The van der Waals surface area contributed by atoms with Crippen LogP contribution in [-0.4, -0.2) is 198 Å². The highest BCUT2D eigenvalue weighted by molar-refractivity contribution is 6.00. The van der Waals surface area contributed by atoms with Crippen LogP contribution in [0.2, 0.25) is 0 Å². The highest BCUT2D eigenvalue weighted by atomic mass is 16.7. The van der Waals surface area contributed by atoms with Gasteiger partial charge in [-0.05, 0) is 119 Å². The number of benzene rings is 4. The molecule has 8 heterocycles. The molecule has 0 aliphatic carbocycles. The van der Waals surface area contributed by atoms with Gasteiger partial charge in [-0.2, -0.15) is 0 Å². The number of nitrogens with one attached hydrogen (secondary N) is 2. The Bertz CT molecular complexity index is 3770. The van der Waals surface area contributed by atoms with Crippen molar-refractivity contribution in [2.45, 2.75) is 92.1 Å². The molecule has 4 aromatic carbocycles. The Hall–Kier alpha value is -7.92. The van der Waals surface area contributed by atoms with Gasteiger partial charge in [-0.1, -0.05) is 48.5 Å². The third-order valence-electron chi connectivity index (χ3n) is 15.6. The Balaban J connectivity index is 1.08. The Morgan fingerprint density at radius 1 is 0.353 bits per heavy atom. The molecule has 0 amide bonds. The predicted octanol–water partition coefficient (Wildman–Crippen LogP) is 2.57. The molecule has 0 radical (unpaired) electrons. The van der Waals surface area contributed by atoms with E-state index in [-0.39, 0.29) is 23.0 Å². The van der Waals surface area contributed by atoms with Gasteiger partial charge in [0.2, 0.25) is 18.9 Å². The lowest BCUT2D eigenvalue weighted by Gasteiger charge is -2.39. The lowest BCUT2D eigenvalue weighted by atomic mass is 9.99. The van der Waals surface area contributed by atoms with Gasteiger partial charge in [0.25, 0.3) is 0 Å². The summed E-state index contributed by atoms with van der Waals surface area (Å²) in [5.41, 5.74) is 8.36. The van der Waals surface area contributed by atoms with Crippen LogP contribution in [0.25, 0.3) is 90.9 Å². The average Bonchev–Trinajstić information content (AvgIpc) is 2.59. The summed E-state index contributed by atoms with van der Waals surface area (Å²) in [6, 6.07) is 34.5. The summed E-state index contributed by atoms with van der Waals surface area (Å²) in [5.74, 6) is 0.522. The summed E-state index contributed by atoms with van der Waals surface area (Å²) in [7, 11) is 0. The molecule has 442 valence electrons. The number of fused-ring (bicyclic) bond motifs is 8. The minimum atomic E-state index is -1.71. The number of aromatic nitrogens is 4. The van der Waals surface area contributed by atoms with Crippen molar-refractivity contribution in [1.82, 2.24) is 19.9 Å². The highest BCUT2D eigenvalue weighted by Crippen LogP contribution is 2.41. The molecule has 15 N–H and O–H groups in total. The van der Waals surface area contributed by atoms with Gasteiger partial charge in [-0.25, -0.2) is 9.97 Å². The lowest BCUT2D eigenvalue weighted by Crippen LogP contribution is -2.60. The molecular weight excluding hydrogens is 1100 g/mol. The molecule has 7 aromatic rings. The molecule has 85 heavy (non-hydrogen) atoms. The number of H-pyrrole nitrogens is 2. The first kappa shape index (κ1) is 57.5. The van der Waals surface area contributed by atoms with Crippen molar-refractivity contribution in [3.05, 3.63) is 144 Å². The zero-order valence-corrected chi connectivity index (χ0v) is 44.8. The van der Waals surface area contributed by atoms with E-state index < -0.39 is 112 Å². The van der Waals surface area contributed by atoms with E-state index in [1.807, 2.05) is 66.8 Å². The molecule has 0 spiro atoms. The largest absolute Gasteiger partial charge is 0.508 e. The van der Waals surface area contributed by atoms with Crippen molar-refractivity contribution in [2.75, 3.05) is 19.8 Å². The Labute approximate surface area is 483 Å². The molecular formula is C62H60N4O19. The molecule has 3 aromatic heterocycles. The summed E-state index contributed by atoms with van der Waals surface area (Å²) in [5, 5.41) is 137. The van der Waals surface area contributed by atoms with Crippen LogP contribution in [0.5, 0.6) is 23.0 Å². The van der Waals surface area contributed by atoms with Crippen LogP contribution in [0.15, 0.2) is 121 Å². The first-order valence-electron chi connectivity index (χ1n) is 27.3. The smallest absolute Gasteiger partial charge is 0.229 e. The second-order valence-corrected chi connectivity index (χ2v) is 21.1. The maximum absolute atomic E-state index is 11.0. The molecule has 8 bridgehead atoms. The van der Waals surface area contributed by atoms with E-state index in [0.29, 0.717) is 89.4 Å². The molecule has 23 heteroatoms. The number of aromatic amines is 2. The zero-order valence-electron chi connectivity index (χ0n) is 44.8. The van der Waals surface area contributed by atoms with Crippen molar-refractivity contribution in [3.63, 3.8) is 0 Å². The quantitative estimate of drug-likeness (QED) is 0.0789. The van der Waals surface area contributed by atoms with Crippen LogP contribution in [-0.2, 0) is 14.2 Å². The molecule has 5 aliphatic rings. The molecule has 3 fully saturated rings. The van der Waals surface area contributed by atoms with Gasteiger partial charge in [0.1, 0.15) is 96.2 Å². The van der Waals surface area contributed by atoms with E-state index in [2.05, 4.69) is 9.97 Å². The number of phenols is 1. The Kier molecular flexibility index (Phi) is 16.1. The number of phenolic OH excluding ortho intramolecular Hbond substituents is 1. The topological polar surface area (TPSA) is 376 Å². The van der Waals surface area contributed by atoms with Crippen molar-refractivity contribution < 1.29 is 94.8 Å². The lowest BCUT2D eigenvalue weighted by molar-refractivity contribution is -0.277. The van der Waals surface area contributed by atoms with E-state index in [1.165, 1.54) is 0 Å². The highest BCUT2D eigenvalue weighted by Gasteiger charge is 2.47. The summed E-state index contributed by atoms with van der Waals surface area (Å²) < 4.78 is 35.5. The Morgan fingerprint density at radius 3 is 0.918 bits per heavy atom. The fraction of sp³-hybridized carbons (Fsp3) is 0.290. The number of rotatable bonds is 13. The fourth-order valence-electron chi connectivity index (χ4n) is 11.2. The van der Waals surface area contributed by atoms with Gasteiger partial charge in [0, 0.05) is 44.3 Å². The summed E-state index contributed by atoms with van der Waals surface area (Å²) >= 11 is 0. The number of ether oxygens (including phenoxy) is 6. The van der Waals surface area contributed by atoms with Crippen molar-refractivity contribution >= 4 is 46.4 Å². The molecule has 0 unspecified atom stereocenters. The van der Waals surface area contributed by atoms with Crippen LogP contribution in [0, 0.1) is 0 Å². The van der Waals surface area contributed by atoms with Gasteiger partial charge in [-0.15, -0.1) is 0 Å². The molecule has 15 atom stereocenters. The predicted molar refractivity (Wildman–Crippen MR) is 305 cm³/mol. The normalized spacial score (nSPS) is 28.3. The van der Waals surface area contributed by atoms with Crippen LogP contribution >= 0.6 is 0 Å². The minimum absolute atomic E-state index is 0.00639. The van der Waals surface area contributed by atoms with Crippen molar-refractivity contribution in [1.29, 1.82) is 0 Å². The van der Waals surface area contributed by atoms with Gasteiger partial charge >= 0.3 is 0 Å². The maximum Gasteiger partial charge on any atom is 0.229 e. The van der Waals surface area contributed by atoms with Crippen LogP contribution in [0.4, 0.5) is 0 Å².